The maximum atomic E-state index is 3.44. The summed E-state index contributed by atoms with van der Waals surface area (Å²) in [6, 6.07) is 9.42. The zero-order valence-corrected chi connectivity index (χ0v) is 10.8. The van der Waals surface area contributed by atoms with E-state index in [2.05, 4.69) is 36.5 Å². The summed E-state index contributed by atoms with van der Waals surface area (Å²) in [5.74, 6) is 0.827. The Bertz CT molecular complexity index is 375. The molecule has 3 rings (SSSR count). The molecule has 1 heterocycles. The highest BCUT2D eigenvalue weighted by atomic mass is 15.0. The predicted molar refractivity (Wildman–Crippen MR) is 72.3 cm³/mol. The van der Waals surface area contributed by atoms with Crippen molar-refractivity contribution in [3.05, 3.63) is 35.4 Å². The normalized spacial score (nSPS) is 26.1. The van der Waals surface area contributed by atoms with Gasteiger partial charge in [0.15, 0.2) is 0 Å². The van der Waals surface area contributed by atoms with Crippen LogP contribution < -0.4 is 5.32 Å². The van der Waals surface area contributed by atoms with Crippen molar-refractivity contribution < 1.29 is 0 Å². The van der Waals surface area contributed by atoms with Crippen LogP contribution in [-0.4, -0.2) is 13.1 Å². The fraction of sp³-hybridized carbons (Fsp3) is 0.625. The first-order valence-electron chi connectivity index (χ1n) is 7.11. The molecule has 1 saturated heterocycles. The van der Waals surface area contributed by atoms with Crippen LogP contribution in [0.5, 0.6) is 0 Å². The molecule has 0 bridgehead atoms. The minimum Gasteiger partial charge on any atom is -0.316 e. The van der Waals surface area contributed by atoms with Gasteiger partial charge in [0.25, 0.3) is 0 Å². The molecule has 1 heteroatoms. The van der Waals surface area contributed by atoms with E-state index in [4.69, 9.17) is 0 Å². The van der Waals surface area contributed by atoms with E-state index in [0.717, 1.165) is 5.92 Å². The third-order valence-corrected chi connectivity index (χ3v) is 4.69. The van der Waals surface area contributed by atoms with Gasteiger partial charge in [0, 0.05) is 13.1 Å². The molecule has 0 amide bonds. The number of hydrogen-bond acceptors (Lipinski definition) is 1. The third kappa shape index (κ3) is 2.13. The molecule has 1 aromatic rings. The van der Waals surface area contributed by atoms with E-state index in [0.29, 0.717) is 5.41 Å². The molecule has 1 aliphatic heterocycles. The van der Waals surface area contributed by atoms with Crippen LogP contribution in [0.2, 0.25) is 0 Å². The van der Waals surface area contributed by atoms with Crippen LogP contribution in [0.25, 0.3) is 0 Å². The molecule has 17 heavy (non-hydrogen) atoms. The van der Waals surface area contributed by atoms with Gasteiger partial charge >= 0.3 is 0 Å². The Kier molecular flexibility index (Phi) is 2.96. The molecule has 1 saturated carbocycles. The highest BCUT2D eigenvalue weighted by Gasteiger charge is 2.43. The van der Waals surface area contributed by atoms with Crippen molar-refractivity contribution in [2.75, 3.05) is 13.1 Å². The molecule has 1 nitrogen and oxygen atoms in total. The monoisotopic (exact) mass is 229 g/mol. The van der Waals surface area contributed by atoms with Crippen LogP contribution in [-0.2, 0) is 6.42 Å². The molecule has 0 radical (unpaired) electrons. The van der Waals surface area contributed by atoms with Crippen molar-refractivity contribution in [2.24, 2.45) is 5.41 Å². The van der Waals surface area contributed by atoms with Crippen molar-refractivity contribution in [1.29, 1.82) is 0 Å². The average Bonchev–Trinajstić information content (AvgIpc) is 2.75. The molecule has 1 spiro atoms. The van der Waals surface area contributed by atoms with Crippen LogP contribution >= 0.6 is 0 Å². The Morgan fingerprint density at radius 3 is 2.53 bits per heavy atom. The van der Waals surface area contributed by atoms with Gasteiger partial charge in [-0.1, -0.05) is 37.6 Å². The number of aryl methyl sites for hydroxylation is 1. The summed E-state index contributed by atoms with van der Waals surface area (Å²) in [6.45, 7) is 4.77. The summed E-state index contributed by atoms with van der Waals surface area (Å²) in [5, 5.41) is 3.44. The quantitative estimate of drug-likeness (QED) is 0.836. The first-order chi connectivity index (χ1) is 8.31. The van der Waals surface area contributed by atoms with Crippen molar-refractivity contribution in [3.63, 3.8) is 0 Å². The molecular formula is C16H23N. The topological polar surface area (TPSA) is 12.0 Å². The van der Waals surface area contributed by atoms with Crippen molar-refractivity contribution in [2.45, 2.75) is 44.9 Å². The smallest absolute Gasteiger partial charge is 0.00204 e. The first kappa shape index (κ1) is 11.3. The Morgan fingerprint density at radius 2 is 2.00 bits per heavy atom. The Morgan fingerprint density at radius 1 is 1.24 bits per heavy atom. The summed E-state index contributed by atoms with van der Waals surface area (Å²) in [4.78, 5) is 0. The Balaban J connectivity index is 1.68. The SMILES string of the molecule is CCCc1ccc(C2CCC3(CNC3)C2)cc1. The zero-order chi connectivity index (χ0) is 11.7. The second kappa shape index (κ2) is 4.45. The number of rotatable bonds is 3. The van der Waals surface area contributed by atoms with Gasteiger partial charge < -0.3 is 5.32 Å². The van der Waals surface area contributed by atoms with Crippen LogP contribution in [0.4, 0.5) is 0 Å². The van der Waals surface area contributed by atoms with E-state index >= 15 is 0 Å². The van der Waals surface area contributed by atoms with Crippen molar-refractivity contribution in [3.8, 4) is 0 Å². The largest absolute Gasteiger partial charge is 0.316 e. The van der Waals surface area contributed by atoms with E-state index < -0.39 is 0 Å². The van der Waals surface area contributed by atoms with Gasteiger partial charge in [0.1, 0.15) is 0 Å². The van der Waals surface area contributed by atoms with Gasteiger partial charge in [-0.2, -0.15) is 0 Å². The molecule has 92 valence electrons. The molecule has 0 aromatic heterocycles. The Labute approximate surface area is 105 Å². The minimum atomic E-state index is 0.673. The lowest BCUT2D eigenvalue weighted by molar-refractivity contribution is 0.175. The van der Waals surface area contributed by atoms with E-state index in [9.17, 15) is 0 Å². The lowest BCUT2D eigenvalue weighted by Crippen LogP contribution is -2.51. The van der Waals surface area contributed by atoms with Gasteiger partial charge in [-0.15, -0.1) is 0 Å². The second-order valence-corrected chi connectivity index (χ2v) is 6.03. The highest BCUT2D eigenvalue weighted by Crippen LogP contribution is 2.48. The molecule has 2 fully saturated rings. The van der Waals surface area contributed by atoms with Gasteiger partial charge in [0.05, 0.1) is 0 Å². The second-order valence-electron chi connectivity index (χ2n) is 6.03. The molecule has 1 aliphatic carbocycles. The number of nitrogens with one attached hydrogen (secondary N) is 1. The van der Waals surface area contributed by atoms with Gasteiger partial charge in [-0.3, -0.25) is 0 Å². The summed E-state index contributed by atoms with van der Waals surface area (Å²) in [7, 11) is 0. The lowest BCUT2D eigenvalue weighted by atomic mass is 9.79. The first-order valence-corrected chi connectivity index (χ1v) is 7.11. The van der Waals surface area contributed by atoms with Gasteiger partial charge in [-0.05, 0) is 48.1 Å². The Hall–Kier alpha value is -0.820. The summed E-state index contributed by atoms with van der Waals surface area (Å²) < 4.78 is 0. The van der Waals surface area contributed by atoms with E-state index in [-0.39, 0.29) is 0 Å². The van der Waals surface area contributed by atoms with Crippen LogP contribution in [0.1, 0.15) is 49.7 Å². The maximum absolute atomic E-state index is 3.44. The van der Waals surface area contributed by atoms with E-state index in [1.165, 1.54) is 50.8 Å². The standard InChI is InChI=1S/C16H23N/c1-2-3-13-4-6-14(7-5-13)15-8-9-16(10-15)11-17-12-16/h4-7,15,17H,2-3,8-12H2,1H3. The fourth-order valence-corrected chi connectivity index (χ4v) is 3.54. The molecular weight excluding hydrogens is 206 g/mol. The zero-order valence-electron chi connectivity index (χ0n) is 10.8. The van der Waals surface area contributed by atoms with Crippen LogP contribution in [0, 0.1) is 5.41 Å². The molecule has 1 unspecified atom stereocenters. The van der Waals surface area contributed by atoms with Crippen LogP contribution in [0.15, 0.2) is 24.3 Å². The van der Waals surface area contributed by atoms with Crippen molar-refractivity contribution in [1.82, 2.24) is 5.32 Å². The van der Waals surface area contributed by atoms with E-state index in [1.54, 1.807) is 5.56 Å². The number of hydrogen-bond donors (Lipinski definition) is 1. The lowest BCUT2D eigenvalue weighted by Gasteiger charge is -2.39. The van der Waals surface area contributed by atoms with Crippen molar-refractivity contribution >= 4 is 0 Å². The average molecular weight is 229 g/mol. The summed E-state index contributed by atoms with van der Waals surface area (Å²) >= 11 is 0. The maximum Gasteiger partial charge on any atom is 0.00204 e. The predicted octanol–water partition coefficient (Wildman–Crippen LogP) is 3.50. The molecule has 2 aliphatic rings. The number of benzene rings is 1. The minimum absolute atomic E-state index is 0.673. The molecule has 1 N–H and O–H groups in total. The fourth-order valence-electron chi connectivity index (χ4n) is 3.54. The van der Waals surface area contributed by atoms with E-state index in [1.807, 2.05) is 0 Å². The summed E-state index contributed by atoms with van der Waals surface area (Å²) in [5.41, 5.74) is 3.75. The molecule has 1 aromatic carbocycles. The third-order valence-electron chi connectivity index (χ3n) is 4.69. The van der Waals surface area contributed by atoms with Gasteiger partial charge in [-0.25, -0.2) is 0 Å². The van der Waals surface area contributed by atoms with Crippen LogP contribution in [0.3, 0.4) is 0 Å². The summed E-state index contributed by atoms with van der Waals surface area (Å²) in [6.07, 6.45) is 6.71. The highest BCUT2D eigenvalue weighted by molar-refractivity contribution is 5.27. The van der Waals surface area contributed by atoms with Gasteiger partial charge in [0.2, 0.25) is 0 Å². The molecule has 1 atom stereocenters.